The molecule has 3 aromatic carbocycles. The quantitative estimate of drug-likeness (QED) is 0.507. The van der Waals surface area contributed by atoms with Crippen molar-refractivity contribution < 1.29 is 14.0 Å². The lowest BCUT2D eigenvalue weighted by molar-refractivity contribution is -0.140. The summed E-state index contributed by atoms with van der Waals surface area (Å²) < 4.78 is 14.5. The molecule has 0 heterocycles. The van der Waals surface area contributed by atoms with Crippen LogP contribution in [0, 0.1) is 5.82 Å². The van der Waals surface area contributed by atoms with E-state index in [2.05, 4.69) is 5.32 Å². The summed E-state index contributed by atoms with van der Waals surface area (Å²) in [6, 6.07) is 22.1. The number of halogens is 2. The second-order valence-corrected chi connectivity index (χ2v) is 7.89. The Hall–Kier alpha value is -3.18. The summed E-state index contributed by atoms with van der Waals surface area (Å²) in [5.41, 5.74) is 1.92. The maximum absolute atomic E-state index is 14.5. The fourth-order valence-corrected chi connectivity index (χ4v) is 3.76. The zero-order valence-corrected chi connectivity index (χ0v) is 18.7. The van der Waals surface area contributed by atoms with Gasteiger partial charge in [-0.25, -0.2) is 4.39 Å². The SMILES string of the molecule is CCNC(=O)[C@@H](Cc1ccccc1)N(Cc1ccccc1F)C(=O)Cc1ccccc1Cl. The lowest BCUT2D eigenvalue weighted by Crippen LogP contribution is -2.51. The Balaban J connectivity index is 1.98. The molecule has 0 fully saturated rings. The lowest BCUT2D eigenvalue weighted by Gasteiger charge is -2.31. The lowest BCUT2D eigenvalue weighted by atomic mass is 10.0. The molecule has 0 aliphatic heterocycles. The molecule has 3 rings (SSSR count). The summed E-state index contributed by atoms with van der Waals surface area (Å²) >= 11 is 6.27. The average Bonchev–Trinajstić information content (AvgIpc) is 2.79. The number of hydrogen-bond donors (Lipinski definition) is 1. The summed E-state index contributed by atoms with van der Waals surface area (Å²) in [5, 5.41) is 3.30. The van der Waals surface area contributed by atoms with Crippen LogP contribution in [-0.4, -0.2) is 29.3 Å². The van der Waals surface area contributed by atoms with E-state index < -0.39 is 11.9 Å². The van der Waals surface area contributed by atoms with Gasteiger partial charge in [-0.3, -0.25) is 9.59 Å². The minimum Gasteiger partial charge on any atom is -0.355 e. The molecular weight excluding hydrogens is 427 g/mol. The highest BCUT2D eigenvalue weighted by molar-refractivity contribution is 6.31. The van der Waals surface area contributed by atoms with Crippen molar-refractivity contribution in [1.82, 2.24) is 10.2 Å². The summed E-state index contributed by atoms with van der Waals surface area (Å²) in [6.07, 6.45) is 0.328. The minimum atomic E-state index is -0.799. The number of carbonyl (C=O) groups is 2. The number of hydrogen-bond acceptors (Lipinski definition) is 2. The van der Waals surface area contributed by atoms with E-state index in [9.17, 15) is 14.0 Å². The highest BCUT2D eigenvalue weighted by atomic mass is 35.5. The van der Waals surface area contributed by atoms with Crippen LogP contribution in [0.3, 0.4) is 0 Å². The van der Waals surface area contributed by atoms with E-state index in [1.54, 1.807) is 42.5 Å². The molecule has 0 radical (unpaired) electrons. The highest BCUT2D eigenvalue weighted by Gasteiger charge is 2.30. The Bertz CT molecular complexity index is 1060. The number of carbonyl (C=O) groups excluding carboxylic acids is 2. The standard InChI is InChI=1S/C26H26ClFN2O2/c1-2-29-26(32)24(16-19-10-4-3-5-11-19)30(18-21-13-7-9-15-23(21)28)25(31)17-20-12-6-8-14-22(20)27/h3-15,24H,2,16-18H2,1H3,(H,29,32)/t24-/m1/s1. The first kappa shape index (κ1) is 23.5. The van der Waals surface area contributed by atoms with E-state index in [4.69, 9.17) is 11.6 Å². The molecule has 2 amide bonds. The normalized spacial score (nSPS) is 11.6. The molecule has 0 aromatic heterocycles. The number of benzene rings is 3. The second kappa shape index (κ2) is 11.4. The molecule has 32 heavy (non-hydrogen) atoms. The number of nitrogens with one attached hydrogen (secondary N) is 1. The Labute approximate surface area is 193 Å². The van der Waals surface area contributed by atoms with Gasteiger partial charge in [-0.05, 0) is 30.2 Å². The Morgan fingerprint density at radius 2 is 1.56 bits per heavy atom. The molecule has 4 nitrogen and oxygen atoms in total. The van der Waals surface area contributed by atoms with Gasteiger partial charge in [0.1, 0.15) is 11.9 Å². The smallest absolute Gasteiger partial charge is 0.243 e. The van der Waals surface area contributed by atoms with Crippen molar-refractivity contribution in [2.24, 2.45) is 0 Å². The van der Waals surface area contributed by atoms with Gasteiger partial charge < -0.3 is 10.2 Å². The Morgan fingerprint density at radius 1 is 0.938 bits per heavy atom. The van der Waals surface area contributed by atoms with Gasteiger partial charge in [-0.2, -0.15) is 0 Å². The highest BCUT2D eigenvalue weighted by Crippen LogP contribution is 2.21. The van der Waals surface area contributed by atoms with Crippen molar-refractivity contribution in [3.8, 4) is 0 Å². The third-order valence-electron chi connectivity index (χ3n) is 5.22. The van der Waals surface area contributed by atoms with Crippen molar-refractivity contribution >= 4 is 23.4 Å². The molecule has 0 aliphatic carbocycles. The summed E-state index contributed by atoms with van der Waals surface area (Å²) in [4.78, 5) is 28.0. The van der Waals surface area contributed by atoms with Crippen LogP contribution >= 0.6 is 11.6 Å². The Kier molecular flexibility index (Phi) is 8.40. The van der Waals surface area contributed by atoms with Crippen molar-refractivity contribution in [2.45, 2.75) is 32.4 Å². The van der Waals surface area contributed by atoms with Gasteiger partial charge in [0.15, 0.2) is 0 Å². The van der Waals surface area contributed by atoms with Crippen LogP contribution in [0.15, 0.2) is 78.9 Å². The van der Waals surface area contributed by atoms with Gasteiger partial charge in [-0.1, -0.05) is 78.3 Å². The maximum atomic E-state index is 14.5. The zero-order valence-electron chi connectivity index (χ0n) is 17.9. The molecule has 0 saturated carbocycles. The largest absolute Gasteiger partial charge is 0.355 e. The van der Waals surface area contributed by atoms with Crippen molar-refractivity contribution in [1.29, 1.82) is 0 Å². The first-order valence-electron chi connectivity index (χ1n) is 10.6. The maximum Gasteiger partial charge on any atom is 0.243 e. The van der Waals surface area contributed by atoms with E-state index in [-0.39, 0.29) is 24.8 Å². The van der Waals surface area contributed by atoms with Crippen molar-refractivity contribution in [2.75, 3.05) is 6.54 Å². The van der Waals surface area contributed by atoms with E-state index in [1.165, 1.54) is 11.0 Å². The summed E-state index contributed by atoms with van der Waals surface area (Å²) in [7, 11) is 0. The molecule has 0 unspecified atom stereocenters. The Morgan fingerprint density at radius 3 is 2.22 bits per heavy atom. The summed E-state index contributed by atoms with van der Waals surface area (Å²) in [5.74, 6) is -0.994. The number of nitrogens with zero attached hydrogens (tertiary/aromatic N) is 1. The molecular formula is C26H26ClFN2O2. The predicted molar refractivity (Wildman–Crippen MR) is 125 cm³/mol. The van der Waals surface area contributed by atoms with E-state index >= 15 is 0 Å². The third kappa shape index (κ3) is 6.17. The molecule has 166 valence electrons. The first-order valence-corrected chi connectivity index (χ1v) is 10.9. The van der Waals surface area contributed by atoms with Crippen LogP contribution in [0.1, 0.15) is 23.6 Å². The van der Waals surface area contributed by atoms with Crippen LogP contribution in [-0.2, 0) is 29.0 Å². The monoisotopic (exact) mass is 452 g/mol. The van der Waals surface area contributed by atoms with E-state index in [0.29, 0.717) is 29.1 Å². The van der Waals surface area contributed by atoms with Gasteiger partial charge in [-0.15, -0.1) is 0 Å². The minimum absolute atomic E-state index is 0.0127. The average molecular weight is 453 g/mol. The molecule has 1 atom stereocenters. The van der Waals surface area contributed by atoms with Gasteiger partial charge in [0, 0.05) is 30.1 Å². The van der Waals surface area contributed by atoms with E-state index in [0.717, 1.165) is 5.56 Å². The van der Waals surface area contributed by atoms with Gasteiger partial charge in [0.2, 0.25) is 11.8 Å². The zero-order chi connectivity index (χ0) is 22.9. The number of amides is 2. The molecule has 1 N–H and O–H groups in total. The third-order valence-corrected chi connectivity index (χ3v) is 5.59. The van der Waals surface area contributed by atoms with Gasteiger partial charge >= 0.3 is 0 Å². The molecule has 0 saturated heterocycles. The first-order chi connectivity index (χ1) is 15.5. The summed E-state index contributed by atoms with van der Waals surface area (Å²) in [6.45, 7) is 2.23. The molecule has 3 aromatic rings. The number of likely N-dealkylation sites (N-methyl/N-ethyl adjacent to an activating group) is 1. The van der Waals surface area contributed by atoms with Crippen molar-refractivity contribution in [3.63, 3.8) is 0 Å². The van der Waals surface area contributed by atoms with Crippen LogP contribution in [0.4, 0.5) is 4.39 Å². The fourth-order valence-electron chi connectivity index (χ4n) is 3.56. The van der Waals surface area contributed by atoms with Crippen LogP contribution in [0.5, 0.6) is 0 Å². The molecule has 6 heteroatoms. The van der Waals surface area contributed by atoms with Crippen LogP contribution in [0.25, 0.3) is 0 Å². The van der Waals surface area contributed by atoms with Gasteiger partial charge in [0.25, 0.3) is 0 Å². The second-order valence-electron chi connectivity index (χ2n) is 7.48. The van der Waals surface area contributed by atoms with Gasteiger partial charge in [0.05, 0.1) is 6.42 Å². The van der Waals surface area contributed by atoms with E-state index in [1.807, 2.05) is 37.3 Å². The topological polar surface area (TPSA) is 49.4 Å². The fraction of sp³-hybridized carbons (Fsp3) is 0.231. The van der Waals surface area contributed by atoms with Crippen LogP contribution < -0.4 is 5.32 Å². The van der Waals surface area contributed by atoms with Crippen molar-refractivity contribution in [3.05, 3.63) is 106 Å². The molecule has 0 aliphatic rings. The number of rotatable bonds is 9. The predicted octanol–water partition coefficient (Wildman–Crippen LogP) is 4.80. The molecule has 0 spiro atoms. The van der Waals surface area contributed by atoms with Crippen LogP contribution in [0.2, 0.25) is 5.02 Å². The molecule has 0 bridgehead atoms.